The highest BCUT2D eigenvalue weighted by molar-refractivity contribution is 6.05. The fourth-order valence-corrected chi connectivity index (χ4v) is 2.72. The molecule has 128 valence electrons. The molecule has 0 aliphatic heterocycles. The average molecular weight is 337 g/mol. The first-order valence-corrected chi connectivity index (χ1v) is 8.00. The van der Waals surface area contributed by atoms with Crippen LogP contribution in [-0.2, 0) is 11.2 Å². The molecule has 3 aromatic rings. The number of nitrogens with zero attached hydrogens (tertiary/aromatic N) is 2. The Morgan fingerprint density at radius 1 is 1.24 bits per heavy atom. The Kier molecular flexibility index (Phi) is 4.52. The van der Waals surface area contributed by atoms with Gasteiger partial charge in [-0.05, 0) is 43.2 Å². The Bertz CT molecular complexity index is 960. The van der Waals surface area contributed by atoms with E-state index in [0.29, 0.717) is 23.4 Å². The van der Waals surface area contributed by atoms with Crippen LogP contribution in [0.3, 0.4) is 0 Å². The molecule has 2 aromatic heterocycles. The molecule has 6 heteroatoms. The maximum absolute atomic E-state index is 12.8. The number of hydrogen-bond donors (Lipinski definition) is 1. The molecule has 0 unspecified atom stereocenters. The van der Waals surface area contributed by atoms with Crippen LogP contribution in [0.2, 0.25) is 0 Å². The summed E-state index contributed by atoms with van der Waals surface area (Å²) in [6.45, 7) is 3.93. The number of ether oxygens (including phenoxy) is 1. The Balaban J connectivity index is 1.98. The van der Waals surface area contributed by atoms with Crippen molar-refractivity contribution >= 4 is 23.2 Å². The lowest BCUT2D eigenvalue weighted by atomic mass is 10.2. The maximum Gasteiger partial charge on any atom is 0.337 e. The van der Waals surface area contributed by atoms with Gasteiger partial charge in [-0.1, -0.05) is 19.1 Å². The van der Waals surface area contributed by atoms with E-state index in [4.69, 9.17) is 4.74 Å². The highest BCUT2D eigenvalue weighted by Crippen LogP contribution is 2.18. The largest absolute Gasteiger partial charge is 0.465 e. The van der Waals surface area contributed by atoms with E-state index in [2.05, 4.69) is 10.3 Å². The van der Waals surface area contributed by atoms with Crippen LogP contribution in [0.4, 0.5) is 5.69 Å². The van der Waals surface area contributed by atoms with E-state index in [0.717, 1.165) is 16.9 Å². The lowest BCUT2D eigenvalue weighted by molar-refractivity contribution is 0.0600. The van der Waals surface area contributed by atoms with E-state index in [-0.39, 0.29) is 5.91 Å². The highest BCUT2D eigenvalue weighted by Gasteiger charge is 2.19. The second-order valence-electron chi connectivity index (χ2n) is 5.72. The topological polar surface area (TPSA) is 72.7 Å². The normalized spacial score (nSPS) is 10.7. The van der Waals surface area contributed by atoms with Gasteiger partial charge in [0.15, 0.2) is 0 Å². The Morgan fingerprint density at radius 2 is 2.04 bits per heavy atom. The number of benzene rings is 1. The molecule has 1 amide bonds. The van der Waals surface area contributed by atoms with Gasteiger partial charge in [0.1, 0.15) is 11.3 Å². The number of amides is 1. The summed E-state index contributed by atoms with van der Waals surface area (Å²) in [5, 5.41) is 2.84. The van der Waals surface area contributed by atoms with Crippen molar-refractivity contribution in [3.8, 4) is 0 Å². The number of methoxy groups -OCH3 is 1. The van der Waals surface area contributed by atoms with Gasteiger partial charge in [0.05, 0.1) is 18.4 Å². The van der Waals surface area contributed by atoms with Crippen LogP contribution in [0.15, 0.2) is 42.6 Å². The van der Waals surface area contributed by atoms with Crippen LogP contribution < -0.4 is 5.32 Å². The second kappa shape index (κ2) is 6.76. The predicted octanol–water partition coefficient (Wildman–Crippen LogP) is 3.24. The summed E-state index contributed by atoms with van der Waals surface area (Å²) in [5.41, 5.74) is 3.91. The van der Waals surface area contributed by atoms with Gasteiger partial charge in [-0.15, -0.1) is 0 Å². The number of fused-ring (bicyclic) bond motifs is 1. The summed E-state index contributed by atoms with van der Waals surface area (Å²) in [7, 11) is 1.32. The SMILES string of the molecule is CCc1nc2ccc(C)cn2c1C(=O)Nc1cccc(C(=O)OC)c1. The van der Waals surface area contributed by atoms with E-state index in [9.17, 15) is 9.59 Å². The van der Waals surface area contributed by atoms with E-state index in [1.165, 1.54) is 7.11 Å². The monoisotopic (exact) mass is 337 g/mol. The smallest absolute Gasteiger partial charge is 0.337 e. The molecule has 0 spiro atoms. The molecule has 0 saturated carbocycles. The fourth-order valence-electron chi connectivity index (χ4n) is 2.72. The van der Waals surface area contributed by atoms with E-state index < -0.39 is 5.97 Å². The number of rotatable bonds is 4. The number of nitrogens with one attached hydrogen (secondary N) is 1. The van der Waals surface area contributed by atoms with Crippen molar-refractivity contribution in [3.05, 3.63) is 65.1 Å². The number of anilines is 1. The molecule has 1 aromatic carbocycles. The lowest BCUT2D eigenvalue weighted by Gasteiger charge is -2.08. The van der Waals surface area contributed by atoms with Crippen molar-refractivity contribution in [1.29, 1.82) is 0 Å². The third-order valence-corrected chi connectivity index (χ3v) is 3.93. The van der Waals surface area contributed by atoms with Crippen LogP contribution in [0, 0.1) is 6.92 Å². The van der Waals surface area contributed by atoms with E-state index in [1.54, 1.807) is 28.7 Å². The van der Waals surface area contributed by atoms with Gasteiger partial charge in [0, 0.05) is 11.9 Å². The molecule has 2 heterocycles. The number of imidazole rings is 1. The van der Waals surface area contributed by atoms with Gasteiger partial charge in [-0.25, -0.2) is 9.78 Å². The minimum atomic E-state index is -0.448. The van der Waals surface area contributed by atoms with Crippen molar-refractivity contribution < 1.29 is 14.3 Å². The van der Waals surface area contributed by atoms with E-state index >= 15 is 0 Å². The standard InChI is InChI=1S/C19H19N3O3/c1-4-15-17(22-11-12(2)8-9-16(22)21-15)18(23)20-14-7-5-6-13(10-14)19(24)25-3/h5-11H,4H2,1-3H3,(H,20,23). The minimum Gasteiger partial charge on any atom is -0.465 e. The van der Waals surface area contributed by atoms with Gasteiger partial charge in [0.2, 0.25) is 0 Å². The van der Waals surface area contributed by atoms with Gasteiger partial charge in [0.25, 0.3) is 5.91 Å². The summed E-state index contributed by atoms with van der Waals surface area (Å²) >= 11 is 0. The number of aromatic nitrogens is 2. The number of carbonyl (C=O) groups is 2. The number of esters is 1. The Labute approximate surface area is 145 Å². The van der Waals surface area contributed by atoms with Gasteiger partial charge in [-0.2, -0.15) is 0 Å². The summed E-state index contributed by atoms with van der Waals surface area (Å²) in [6.07, 6.45) is 2.53. The second-order valence-corrected chi connectivity index (χ2v) is 5.72. The van der Waals surface area contributed by atoms with E-state index in [1.807, 2.05) is 32.2 Å². The van der Waals surface area contributed by atoms with Crippen molar-refractivity contribution in [2.45, 2.75) is 20.3 Å². The van der Waals surface area contributed by atoms with Crippen molar-refractivity contribution in [1.82, 2.24) is 9.38 Å². The average Bonchev–Trinajstić information content (AvgIpc) is 2.99. The molecule has 0 atom stereocenters. The first-order valence-electron chi connectivity index (χ1n) is 8.00. The third-order valence-electron chi connectivity index (χ3n) is 3.93. The molecule has 0 radical (unpaired) electrons. The molecular formula is C19H19N3O3. The summed E-state index contributed by atoms with van der Waals surface area (Å²) in [4.78, 5) is 29.0. The Hall–Kier alpha value is -3.15. The summed E-state index contributed by atoms with van der Waals surface area (Å²) in [6, 6.07) is 10.5. The molecule has 6 nitrogen and oxygen atoms in total. The van der Waals surface area contributed by atoms with Crippen LogP contribution in [-0.4, -0.2) is 28.4 Å². The van der Waals surface area contributed by atoms with Gasteiger partial charge >= 0.3 is 5.97 Å². The maximum atomic E-state index is 12.8. The number of hydrogen-bond acceptors (Lipinski definition) is 4. The quantitative estimate of drug-likeness (QED) is 0.742. The van der Waals surface area contributed by atoms with Crippen LogP contribution in [0.1, 0.15) is 39.0 Å². The Morgan fingerprint density at radius 3 is 2.76 bits per heavy atom. The zero-order valence-electron chi connectivity index (χ0n) is 14.4. The van der Waals surface area contributed by atoms with Gasteiger partial charge in [-0.3, -0.25) is 9.20 Å². The molecule has 0 bridgehead atoms. The third kappa shape index (κ3) is 3.24. The van der Waals surface area contributed by atoms with Crippen LogP contribution in [0.5, 0.6) is 0 Å². The first-order chi connectivity index (χ1) is 12.0. The molecule has 0 aliphatic rings. The number of aryl methyl sites for hydroxylation is 2. The van der Waals surface area contributed by atoms with Crippen molar-refractivity contribution in [2.75, 3.05) is 12.4 Å². The zero-order chi connectivity index (χ0) is 18.0. The molecular weight excluding hydrogens is 318 g/mol. The minimum absolute atomic E-state index is 0.267. The van der Waals surface area contributed by atoms with Crippen LogP contribution >= 0.6 is 0 Å². The summed E-state index contributed by atoms with van der Waals surface area (Å²) in [5.74, 6) is -0.715. The number of carbonyl (C=O) groups excluding carboxylic acids is 2. The molecule has 0 aliphatic carbocycles. The van der Waals surface area contributed by atoms with Crippen molar-refractivity contribution in [2.24, 2.45) is 0 Å². The zero-order valence-corrected chi connectivity index (χ0v) is 14.4. The molecule has 3 rings (SSSR count). The lowest BCUT2D eigenvalue weighted by Crippen LogP contribution is -2.16. The first kappa shape index (κ1) is 16.7. The molecule has 1 N–H and O–H groups in total. The molecule has 25 heavy (non-hydrogen) atoms. The fraction of sp³-hybridized carbons (Fsp3) is 0.211. The highest BCUT2D eigenvalue weighted by atomic mass is 16.5. The summed E-state index contributed by atoms with van der Waals surface area (Å²) < 4.78 is 6.51. The van der Waals surface area contributed by atoms with Crippen molar-refractivity contribution in [3.63, 3.8) is 0 Å². The molecule has 0 fully saturated rings. The van der Waals surface area contributed by atoms with Crippen LogP contribution in [0.25, 0.3) is 5.65 Å². The van der Waals surface area contributed by atoms with Gasteiger partial charge < -0.3 is 10.1 Å². The molecule has 0 saturated heterocycles. The number of pyridine rings is 1. The predicted molar refractivity (Wildman–Crippen MR) is 95.0 cm³/mol.